The number of thiophene rings is 1. The van der Waals surface area contributed by atoms with Crippen LogP contribution in [0.2, 0.25) is 0 Å². The lowest BCUT2D eigenvalue weighted by molar-refractivity contribution is 0.993. The number of anilines is 1. The van der Waals surface area contributed by atoms with Gasteiger partial charge in [-0.15, -0.1) is 11.3 Å². The smallest absolute Gasteiger partial charge is 0.138 e. The molecule has 21 heavy (non-hydrogen) atoms. The molecule has 0 aliphatic rings. The molecule has 1 aromatic carbocycles. The molecule has 108 valence electrons. The van der Waals surface area contributed by atoms with Crippen LogP contribution in [0.15, 0.2) is 34.8 Å². The molecule has 3 nitrogen and oxygen atoms in total. The Balaban J connectivity index is 2.05. The van der Waals surface area contributed by atoms with Crippen LogP contribution in [0.5, 0.6) is 0 Å². The van der Waals surface area contributed by atoms with E-state index in [1.54, 1.807) is 11.3 Å². The zero-order chi connectivity index (χ0) is 14.8. The molecule has 0 saturated carbocycles. The first kappa shape index (κ1) is 14.5. The SMILES string of the molecule is CCc1cc2c(NC)nc(Cc3ccccc3Br)nc2s1. The normalized spacial score (nSPS) is 11.0. The summed E-state index contributed by atoms with van der Waals surface area (Å²) >= 11 is 5.34. The molecule has 0 amide bonds. The summed E-state index contributed by atoms with van der Waals surface area (Å²) in [5, 5.41) is 4.31. The van der Waals surface area contributed by atoms with Crippen molar-refractivity contribution in [3.05, 3.63) is 51.1 Å². The molecule has 3 rings (SSSR count). The third-order valence-corrected chi connectivity index (χ3v) is 5.33. The fraction of sp³-hybridized carbons (Fsp3) is 0.250. The van der Waals surface area contributed by atoms with Crippen molar-refractivity contribution < 1.29 is 0 Å². The van der Waals surface area contributed by atoms with E-state index in [0.717, 1.165) is 39.2 Å². The van der Waals surface area contributed by atoms with Gasteiger partial charge in [0.2, 0.25) is 0 Å². The highest BCUT2D eigenvalue weighted by atomic mass is 79.9. The van der Waals surface area contributed by atoms with Gasteiger partial charge < -0.3 is 5.32 Å². The summed E-state index contributed by atoms with van der Waals surface area (Å²) in [6, 6.07) is 10.4. The minimum atomic E-state index is 0.728. The number of nitrogens with zero attached hydrogens (tertiary/aromatic N) is 2. The van der Waals surface area contributed by atoms with Crippen LogP contribution in [0.3, 0.4) is 0 Å². The number of nitrogens with one attached hydrogen (secondary N) is 1. The predicted molar refractivity (Wildman–Crippen MR) is 93.3 cm³/mol. The topological polar surface area (TPSA) is 37.8 Å². The Kier molecular flexibility index (Phi) is 4.22. The Hall–Kier alpha value is -1.46. The maximum Gasteiger partial charge on any atom is 0.138 e. The Morgan fingerprint density at radius 1 is 1.24 bits per heavy atom. The predicted octanol–water partition coefficient (Wildman–Crippen LogP) is 4.65. The van der Waals surface area contributed by atoms with Gasteiger partial charge >= 0.3 is 0 Å². The van der Waals surface area contributed by atoms with Gasteiger partial charge in [0.15, 0.2) is 0 Å². The standard InChI is InChI=1S/C16H16BrN3S/c1-3-11-9-12-15(18-2)19-14(20-16(12)21-11)8-10-6-4-5-7-13(10)17/h4-7,9H,3,8H2,1-2H3,(H,18,19,20). The zero-order valence-corrected chi connectivity index (χ0v) is 14.4. The third-order valence-electron chi connectivity index (χ3n) is 3.38. The van der Waals surface area contributed by atoms with Gasteiger partial charge in [-0.2, -0.15) is 0 Å². The first-order chi connectivity index (χ1) is 10.2. The van der Waals surface area contributed by atoms with Crippen molar-refractivity contribution in [1.82, 2.24) is 9.97 Å². The second-order valence-electron chi connectivity index (χ2n) is 4.79. The molecule has 2 heterocycles. The van der Waals surface area contributed by atoms with Crippen molar-refractivity contribution in [2.45, 2.75) is 19.8 Å². The number of aryl methyl sites for hydroxylation is 1. The number of aromatic nitrogens is 2. The molecule has 0 saturated heterocycles. The molecule has 0 aliphatic carbocycles. The van der Waals surface area contributed by atoms with Gasteiger partial charge in [-0.25, -0.2) is 9.97 Å². The maximum absolute atomic E-state index is 4.74. The van der Waals surface area contributed by atoms with Crippen molar-refractivity contribution in [3.63, 3.8) is 0 Å². The lowest BCUT2D eigenvalue weighted by Crippen LogP contribution is -2.01. The van der Waals surface area contributed by atoms with Gasteiger partial charge in [-0.3, -0.25) is 0 Å². The summed E-state index contributed by atoms with van der Waals surface area (Å²) in [5.41, 5.74) is 1.20. The highest BCUT2D eigenvalue weighted by molar-refractivity contribution is 9.10. The number of hydrogen-bond donors (Lipinski definition) is 1. The Labute approximate surface area is 136 Å². The van der Waals surface area contributed by atoms with Crippen LogP contribution in [-0.2, 0) is 12.8 Å². The van der Waals surface area contributed by atoms with E-state index in [1.807, 2.05) is 25.2 Å². The monoisotopic (exact) mass is 361 g/mol. The molecular weight excluding hydrogens is 346 g/mol. The summed E-state index contributed by atoms with van der Waals surface area (Å²) in [6.45, 7) is 2.17. The third kappa shape index (κ3) is 2.94. The fourth-order valence-electron chi connectivity index (χ4n) is 2.27. The van der Waals surface area contributed by atoms with Crippen LogP contribution < -0.4 is 5.32 Å². The molecule has 1 N–H and O–H groups in total. The first-order valence-electron chi connectivity index (χ1n) is 6.91. The van der Waals surface area contributed by atoms with E-state index in [0.29, 0.717) is 0 Å². The van der Waals surface area contributed by atoms with Crippen LogP contribution in [0.4, 0.5) is 5.82 Å². The van der Waals surface area contributed by atoms with Gasteiger partial charge in [-0.1, -0.05) is 41.1 Å². The van der Waals surface area contributed by atoms with Crippen LogP contribution in [-0.4, -0.2) is 17.0 Å². The summed E-state index contributed by atoms with van der Waals surface area (Å²) in [6.07, 6.45) is 1.76. The number of fused-ring (bicyclic) bond motifs is 1. The molecule has 0 atom stereocenters. The molecule has 0 bridgehead atoms. The van der Waals surface area contributed by atoms with Gasteiger partial charge in [0.1, 0.15) is 16.5 Å². The number of benzene rings is 1. The van der Waals surface area contributed by atoms with Gasteiger partial charge in [0.25, 0.3) is 0 Å². The minimum absolute atomic E-state index is 0.728. The molecule has 3 aromatic rings. The Bertz CT molecular complexity index is 782. The highest BCUT2D eigenvalue weighted by Crippen LogP contribution is 2.30. The van der Waals surface area contributed by atoms with E-state index in [1.165, 1.54) is 10.4 Å². The summed E-state index contributed by atoms with van der Waals surface area (Å²) < 4.78 is 1.10. The van der Waals surface area contributed by atoms with E-state index in [4.69, 9.17) is 4.98 Å². The van der Waals surface area contributed by atoms with Crippen LogP contribution in [0.1, 0.15) is 23.2 Å². The van der Waals surface area contributed by atoms with E-state index >= 15 is 0 Å². The van der Waals surface area contributed by atoms with E-state index in [2.05, 4.69) is 45.3 Å². The van der Waals surface area contributed by atoms with Crippen molar-refractivity contribution in [1.29, 1.82) is 0 Å². The van der Waals surface area contributed by atoms with Gasteiger partial charge in [-0.05, 0) is 24.1 Å². The lowest BCUT2D eigenvalue weighted by atomic mass is 10.1. The average molecular weight is 362 g/mol. The average Bonchev–Trinajstić information content (AvgIpc) is 2.92. The fourth-order valence-corrected chi connectivity index (χ4v) is 3.68. The quantitative estimate of drug-likeness (QED) is 0.734. The Morgan fingerprint density at radius 2 is 2.05 bits per heavy atom. The molecule has 0 spiro atoms. The summed E-state index contributed by atoms with van der Waals surface area (Å²) in [4.78, 5) is 11.8. The van der Waals surface area contributed by atoms with Crippen molar-refractivity contribution in [2.75, 3.05) is 12.4 Å². The van der Waals surface area contributed by atoms with E-state index < -0.39 is 0 Å². The van der Waals surface area contributed by atoms with Crippen molar-refractivity contribution >= 4 is 43.3 Å². The van der Waals surface area contributed by atoms with Gasteiger partial charge in [0.05, 0.1) is 5.39 Å². The first-order valence-corrected chi connectivity index (χ1v) is 8.52. The largest absolute Gasteiger partial charge is 0.372 e. The second-order valence-corrected chi connectivity index (χ2v) is 6.76. The molecule has 0 aliphatic heterocycles. The van der Waals surface area contributed by atoms with Crippen molar-refractivity contribution in [2.24, 2.45) is 0 Å². The number of hydrogen-bond acceptors (Lipinski definition) is 4. The van der Waals surface area contributed by atoms with Gasteiger partial charge in [0, 0.05) is 22.8 Å². The number of halogens is 1. The van der Waals surface area contributed by atoms with Crippen molar-refractivity contribution in [3.8, 4) is 0 Å². The second kappa shape index (κ2) is 6.12. The maximum atomic E-state index is 4.74. The van der Waals surface area contributed by atoms with E-state index in [-0.39, 0.29) is 0 Å². The molecule has 2 aromatic heterocycles. The summed E-state index contributed by atoms with van der Waals surface area (Å²) in [5.74, 6) is 1.77. The number of rotatable bonds is 4. The van der Waals surface area contributed by atoms with Crippen LogP contribution in [0.25, 0.3) is 10.2 Å². The summed E-state index contributed by atoms with van der Waals surface area (Å²) in [7, 11) is 1.91. The Morgan fingerprint density at radius 3 is 2.76 bits per heavy atom. The van der Waals surface area contributed by atoms with Crippen LogP contribution in [0, 0.1) is 0 Å². The minimum Gasteiger partial charge on any atom is -0.372 e. The molecule has 0 fully saturated rings. The highest BCUT2D eigenvalue weighted by Gasteiger charge is 2.11. The van der Waals surface area contributed by atoms with Crippen LogP contribution >= 0.6 is 27.3 Å². The lowest BCUT2D eigenvalue weighted by Gasteiger charge is -2.06. The zero-order valence-electron chi connectivity index (χ0n) is 12.0. The molecule has 0 radical (unpaired) electrons. The molecule has 0 unspecified atom stereocenters. The van der Waals surface area contributed by atoms with E-state index in [9.17, 15) is 0 Å². The molecular formula is C16H16BrN3S. The molecule has 5 heteroatoms.